The topological polar surface area (TPSA) is 20.2 Å². The average Bonchev–Trinajstić information content (AvgIpc) is 2.26. The molecule has 1 aromatic carbocycles. The van der Waals surface area contributed by atoms with Crippen LogP contribution in [0, 0.1) is 0 Å². The zero-order valence-electron chi connectivity index (χ0n) is 8.44. The molecule has 1 aromatic rings. The first-order valence-electron chi connectivity index (χ1n) is 4.77. The van der Waals surface area contributed by atoms with Gasteiger partial charge in [-0.3, -0.25) is 0 Å². The van der Waals surface area contributed by atoms with Gasteiger partial charge in [0.25, 0.3) is 0 Å². The monoisotopic (exact) mass is 208 g/mol. The fourth-order valence-electron chi connectivity index (χ4n) is 1.06. The van der Waals surface area contributed by atoms with Gasteiger partial charge in [0.15, 0.2) is 0 Å². The second-order valence-corrected chi connectivity index (χ2v) is 4.29. The summed E-state index contributed by atoms with van der Waals surface area (Å²) in [4.78, 5) is 0. The van der Waals surface area contributed by atoms with Gasteiger partial charge >= 0.3 is 0 Å². The highest BCUT2D eigenvalue weighted by atomic mass is 32.2. The van der Waals surface area contributed by atoms with E-state index < -0.39 is 0 Å². The number of hydrogen-bond acceptors (Lipinski definition) is 2. The maximum absolute atomic E-state index is 9.37. The van der Waals surface area contributed by atoms with Crippen molar-refractivity contribution in [1.29, 1.82) is 0 Å². The van der Waals surface area contributed by atoms with E-state index in [1.54, 1.807) is 11.8 Å². The molecule has 14 heavy (non-hydrogen) atoms. The quantitative estimate of drug-likeness (QED) is 0.749. The lowest BCUT2D eigenvalue weighted by molar-refractivity contribution is 0.259. The maximum atomic E-state index is 9.37. The van der Waals surface area contributed by atoms with Crippen molar-refractivity contribution in [3.05, 3.63) is 42.0 Å². The normalized spacial score (nSPS) is 12.4. The highest BCUT2D eigenvalue weighted by molar-refractivity contribution is 7.98. The van der Waals surface area contributed by atoms with Gasteiger partial charge in [-0.05, 0) is 17.5 Å². The molecule has 1 nitrogen and oxygen atoms in total. The molecular weight excluding hydrogens is 192 g/mol. The minimum Gasteiger partial charge on any atom is -0.382 e. The molecule has 0 aliphatic carbocycles. The van der Waals surface area contributed by atoms with Gasteiger partial charge in [0, 0.05) is 5.75 Å². The van der Waals surface area contributed by atoms with Crippen molar-refractivity contribution in [1.82, 2.24) is 0 Å². The van der Waals surface area contributed by atoms with Crippen molar-refractivity contribution in [2.24, 2.45) is 0 Å². The van der Waals surface area contributed by atoms with E-state index in [4.69, 9.17) is 0 Å². The number of thioether (sulfide) groups is 1. The largest absolute Gasteiger partial charge is 0.382 e. The summed E-state index contributed by atoms with van der Waals surface area (Å²) in [6.45, 7) is 5.69. The minimum atomic E-state index is -0.242. The Hall–Kier alpha value is -0.730. The highest BCUT2D eigenvalue weighted by Crippen LogP contribution is 2.18. The molecule has 1 rings (SSSR count). The van der Waals surface area contributed by atoms with Crippen LogP contribution in [0.5, 0.6) is 0 Å². The zero-order chi connectivity index (χ0) is 10.4. The molecule has 0 spiro atoms. The Labute approximate surface area is 89.8 Å². The minimum absolute atomic E-state index is 0.242. The van der Waals surface area contributed by atoms with Crippen LogP contribution in [0.3, 0.4) is 0 Å². The summed E-state index contributed by atoms with van der Waals surface area (Å²) < 4.78 is 0. The van der Waals surface area contributed by atoms with Gasteiger partial charge in [-0.2, -0.15) is 0 Å². The van der Waals surface area contributed by atoms with Gasteiger partial charge in [0.05, 0.1) is 5.44 Å². The predicted molar refractivity (Wildman–Crippen MR) is 64.1 cm³/mol. The Morgan fingerprint density at radius 2 is 2.07 bits per heavy atom. The van der Waals surface area contributed by atoms with E-state index in [-0.39, 0.29) is 5.44 Å². The second kappa shape index (κ2) is 5.89. The van der Waals surface area contributed by atoms with Crippen molar-refractivity contribution in [3.63, 3.8) is 0 Å². The average molecular weight is 208 g/mol. The molecule has 0 saturated heterocycles. The third-order valence-corrected chi connectivity index (χ3v) is 3.23. The molecule has 0 aromatic heterocycles. The molecule has 0 bridgehead atoms. The molecule has 0 aliphatic heterocycles. The molecule has 0 radical (unpaired) electrons. The van der Waals surface area contributed by atoms with Gasteiger partial charge in [-0.1, -0.05) is 43.8 Å². The molecule has 1 atom stereocenters. The Morgan fingerprint density at radius 1 is 1.43 bits per heavy atom. The van der Waals surface area contributed by atoms with Crippen molar-refractivity contribution in [3.8, 4) is 0 Å². The van der Waals surface area contributed by atoms with Gasteiger partial charge in [0.1, 0.15) is 0 Å². The molecule has 76 valence electrons. The summed E-state index contributed by atoms with van der Waals surface area (Å²) in [6, 6.07) is 8.24. The Morgan fingerprint density at radius 3 is 2.57 bits per heavy atom. The standard InChI is InChI=1S/C12H16OS/c1-3-10-5-7-11(8-6-10)9-14-12(13)4-2/h3,5-8,12-13H,1,4,9H2,2H3. The molecule has 1 N–H and O–H groups in total. The number of benzene rings is 1. The summed E-state index contributed by atoms with van der Waals surface area (Å²) in [6.07, 6.45) is 2.63. The first-order chi connectivity index (χ1) is 6.76. The molecule has 0 heterocycles. The van der Waals surface area contributed by atoms with E-state index in [2.05, 4.69) is 18.7 Å². The van der Waals surface area contributed by atoms with Gasteiger partial charge < -0.3 is 5.11 Å². The molecular formula is C12H16OS. The van der Waals surface area contributed by atoms with Crippen LogP contribution < -0.4 is 0 Å². The number of hydrogen-bond donors (Lipinski definition) is 1. The molecule has 2 heteroatoms. The smallest absolute Gasteiger partial charge is 0.0993 e. The van der Waals surface area contributed by atoms with Crippen LogP contribution in [0.15, 0.2) is 30.8 Å². The first kappa shape index (κ1) is 11.3. The number of aliphatic hydroxyl groups excluding tert-OH is 1. The summed E-state index contributed by atoms with van der Waals surface area (Å²) >= 11 is 1.57. The fraction of sp³-hybridized carbons (Fsp3) is 0.333. The maximum Gasteiger partial charge on any atom is 0.0993 e. The third kappa shape index (κ3) is 3.56. The van der Waals surface area contributed by atoms with E-state index >= 15 is 0 Å². The first-order valence-corrected chi connectivity index (χ1v) is 5.82. The van der Waals surface area contributed by atoms with E-state index in [9.17, 15) is 5.11 Å². The predicted octanol–water partition coefficient (Wildman–Crippen LogP) is 3.29. The molecule has 0 fully saturated rings. The molecule has 0 saturated carbocycles. The van der Waals surface area contributed by atoms with Crippen molar-refractivity contribution >= 4 is 17.8 Å². The Balaban J connectivity index is 2.47. The van der Waals surface area contributed by atoms with E-state index in [1.807, 2.05) is 25.1 Å². The summed E-state index contributed by atoms with van der Waals surface area (Å²) in [5.41, 5.74) is 2.14. The summed E-state index contributed by atoms with van der Waals surface area (Å²) in [7, 11) is 0. The van der Waals surface area contributed by atoms with Crippen LogP contribution in [0.25, 0.3) is 6.08 Å². The van der Waals surface area contributed by atoms with Crippen LogP contribution in [-0.4, -0.2) is 10.5 Å². The lowest BCUT2D eigenvalue weighted by Gasteiger charge is -2.07. The van der Waals surface area contributed by atoms with Crippen molar-refractivity contribution in [2.75, 3.05) is 0 Å². The Bertz CT molecular complexity index is 279. The lowest BCUT2D eigenvalue weighted by atomic mass is 10.1. The molecule has 0 amide bonds. The van der Waals surface area contributed by atoms with Gasteiger partial charge in [-0.15, -0.1) is 11.8 Å². The van der Waals surface area contributed by atoms with Crippen LogP contribution in [0.4, 0.5) is 0 Å². The second-order valence-electron chi connectivity index (χ2n) is 3.12. The molecule has 0 aliphatic rings. The summed E-state index contributed by atoms with van der Waals surface area (Å²) in [5.74, 6) is 0.867. The van der Waals surface area contributed by atoms with Crippen LogP contribution in [0.1, 0.15) is 24.5 Å². The fourth-order valence-corrected chi connectivity index (χ4v) is 1.87. The number of rotatable bonds is 5. The Kier molecular flexibility index (Phi) is 4.77. The highest BCUT2D eigenvalue weighted by Gasteiger charge is 2.01. The van der Waals surface area contributed by atoms with Crippen molar-refractivity contribution < 1.29 is 5.11 Å². The lowest BCUT2D eigenvalue weighted by Crippen LogP contribution is -1.97. The zero-order valence-corrected chi connectivity index (χ0v) is 9.26. The van der Waals surface area contributed by atoms with Gasteiger partial charge in [0.2, 0.25) is 0 Å². The summed E-state index contributed by atoms with van der Waals surface area (Å²) in [5, 5.41) is 9.37. The van der Waals surface area contributed by atoms with Crippen LogP contribution in [0.2, 0.25) is 0 Å². The third-order valence-electron chi connectivity index (χ3n) is 2.01. The molecule has 1 unspecified atom stereocenters. The van der Waals surface area contributed by atoms with Crippen molar-refractivity contribution in [2.45, 2.75) is 24.5 Å². The SMILES string of the molecule is C=Cc1ccc(CSC(O)CC)cc1. The van der Waals surface area contributed by atoms with E-state index in [0.717, 1.165) is 17.7 Å². The van der Waals surface area contributed by atoms with Crippen LogP contribution in [-0.2, 0) is 5.75 Å². The van der Waals surface area contributed by atoms with E-state index in [0.29, 0.717) is 0 Å². The van der Waals surface area contributed by atoms with Crippen LogP contribution >= 0.6 is 11.8 Å². The number of aliphatic hydroxyl groups is 1. The van der Waals surface area contributed by atoms with E-state index in [1.165, 1.54) is 5.56 Å². The van der Waals surface area contributed by atoms with Gasteiger partial charge in [-0.25, -0.2) is 0 Å².